The number of hydroxylamine groups is 1. The normalized spacial score (nSPS) is 27.8. The van der Waals surface area contributed by atoms with Crippen LogP contribution in [0.25, 0.3) is 0 Å². The molecule has 0 aromatic heterocycles. The van der Waals surface area contributed by atoms with Gasteiger partial charge in [0, 0.05) is 0 Å². The van der Waals surface area contributed by atoms with Crippen molar-refractivity contribution in [2.75, 3.05) is 0 Å². The van der Waals surface area contributed by atoms with Crippen molar-refractivity contribution in [2.45, 2.75) is 32.2 Å². The fourth-order valence-electron chi connectivity index (χ4n) is 1.19. The summed E-state index contributed by atoms with van der Waals surface area (Å²) in [5.74, 6) is 0. The van der Waals surface area contributed by atoms with Gasteiger partial charge in [-0.05, 0) is 26.2 Å². The van der Waals surface area contributed by atoms with Gasteiger partial charge in [-0.1, -0.05) is 11.6 Å². The van der Waals surface area contributed by atoms with E-state index in [1.807, 2.05) is 6.92 Å². The predicted molar refractivity (Wildman–Crippen MR) is 36.3 cm³/mol. The van der Waals surface area contributed by atoms with Crippen molar-refractivity contribution < 1.29 is 5.21 Å². The molecule has 0 aliphatic heterocycles. The van der Waals surface area contributed by atoms with Gasteiger partial charge in [0.15, 0.2) is 0 Å². The molecule has 1 atom stereocenters. The SMILES string of the molecule is CC1=CCCCC1NO. The highest BCUT2D eigenvalue weighted by Gasteiger charge is 2.11. The van der Waals surface area contributed by atoms with E-state index in [9.17, 15) is 0 Å². The quantitative estimate of drug-likeness (QED) is 0.413. The van der Waals surface area contributed by atoms with E-state index in [0.29, 0.717) is 0 Å². The molecule has 0 radical (unpaired) electrons. The Kier molecular flexibility index (Phi) is 2.25. The minimum absolute atomic E-state index is 0.221. The third kappa shape index (κ3) is 1.53. The summed E-state index contributed by atoms with van der Waals surface area (Å²) in [5.41, 5.74) is 3.55. The molecule has 2 heteroatoms. The maximum Gasteiger partial charge on any atom is 0.0526 e. The molecule has 0 saturated carbocycles. The summed E-state index contributed by atoms with van der Waals surface area (Å²) in [6.07, 6.45) is 5.61. The average Bonchev–Trinajstić information content (AvgIpc) is 1.89. The van der Waals surface area contributed by atoms with Crippen LogP contribution < -0.4 is 5.48 Å². The molecule has 0 bridgehead atoms. The highest BCUT2D eigenvalue weighted by atomic mass is 16.5. The minimum atomic E-state index is 0.221. The van der Waals surface area contributed by atoms with Gasteiger partial charge in [0.1, 0.15) is 0 Å². The molecule has 1 rings (SSSR count). The van der Waals surface area contributed by atoms with E-state index in [-0.39, 0.29) is 6.04 Å². The summed E-state index contributed by atoms with van der Waals surface area (Å²) in [5, 5.41) is 8.57. The van der Waals surface area contributed by atoms with Gasteiger partial charge in [0.25, 0.3) is 0 Å². The van der Waals surface area contributed by atoms with Crippen LogP contribution in [0.2, 0.25) is 0 Å². The Labute approximate surface area is 55.5 Å². The molecular formula is C7H13NO. The molecule has 0 aromatic rings. The zero-order valence-electron chi connectivity index (χ0n) is 5.72. The zero-order chi connectivity index (χ0) is 6.69. The molecule has 1 aliphatic rings. The first-order chi connectivity index (χ1) is 4.34. The molecular weight excluding hydrogens is 114 g/mol. The van der Waals surface area contributed by atoms with Crippen LogP contribution >= 0.6 is 0 Å². The van der Waals surface area contributed by atoms with Crippen LogP contribution in [0.5, 0.6) is 0 Å². The number of rotatable bonds is 1. The van der Waals surface area contributed by atoms with Crippen LogP contribution in [0.15, 0.2) is 11.6 Å². The first kappa shape index (κ1) is 6.78. The van der Waals surface area contributed by atoms with Crippen LogP contribution in [-0.2, 0) is 0 Å². The molecule has 1 aliphatic carbocycles. The van der Waals surface area contributed by atoms with Gasteiger partial charge in [-0.3, -0.25) is 0 Å². The maximum atomic E-state index is 8.57. The number of hydrogen-bond donors (Lipinski definition) is 2. The molecule has 0 saturated heterocycles. The van der Waals surface area contributed by atoms with Gasteiger partial charge in [0.2, 0.25) is 0 Å². The van der Waals surface area contributed by atoms with Gasteiger partial charge >= 0.3 is 0 Å². The highest BCUT2D eigenvalue weighted by Crippen LogP contribution is 2.16. The van der Waals surface area contributed by atoms with Crippen LogP contribution in [0, 0.1) is 0 Å². The van der Waals surface area contributed by atoms with Gasteiger partial charge in [-0.15, -0.1) is 0 Å². The van der Waals surface area contributed by atoms with Crippen molar-refractivity contribution in [1.29, 1.82) is 0 Å². The van der Waals surface area contributed by atoms with Crippen molar-refractivity contribution in [1.82, 2.24) is 5.48 Å². The first-order valence-corrected chi connectivity index (χ1v) is 3.41. The lowest BCUT2D eigenvalue weighted by molar-refractivity contribution is 0.132. The van der Waals surface area contributed by atoms with Crippen LogP contribution in [0.3, 0.4) is 0 Å². The molecule has 0 amide bonds. The van der Waals surface area contributed by atoms with Gasteiger partial charge in [-0.25, -0.2) is 0 Å². The molecule has 0 fully saturated rings. The van der Waals surface area contributed by atoms with Crippen molar-refractivity contribution in [3.63, 3.8) is 0 Å². The molecule has 2 nitrogen and oxygen atoms in total. The zero-order valence-corrected chi connectivity index (χ0v) is 5.72. The van der Waals surface area contributed by atoms with Crippen LogP contribution in [-0.4, -0.2) is 11.2 Å². The largest absolute Gasteiger partial charge is 0.316 e. The Morgan fingerprint density at radius 1 is 1.78 bits per heavy atom. The second-order valence-electron chi connectivity index (χ2n) is 2.56. The van der Waals surface area contributed by atoms with Crippen molar-refractivity contribution in [3.05, 3.63) is 11.6 Å². The predicted octanol–water partition coefficient (Wildman–Crippen LogP) is 1.46. The van der Waals surface area contributed by atoms with E-state index < -0.39 is 0 Å². The standard InChI is InChI=1S/C7H13NO/c1-6-4-2-3-5-7(6)8-9/h4,7-9H,2-3,5H2,1H3. The second kappa shape index (κ2) is 2.99. The summed E-state index contributed by atoms with van der Waals surface area (Å²) in [4.78, 5) is 0. The van der Waals surface area contributed by atoms with Crippen molar-refractivity contribution >= 4 is 0 Å². The highest BCUT2D eigenvalue weighted by molar-refractivity contribution is 5.09. The minimum Gasteiger partial charge on any atom is -0.316 e. The smallest absolute Gasteiger partial charge is 0.0526 e. The van der Waals surface area contributed by atoms with Crippen molar-refractivity contribution in [3.8, 4) is 0 Å². The number of nitrogens with one attached hydrogen (secondary N) is 1. The van der Waals surface area contributed by atoms with Crippen molar-refractivity contribution in [2.24, 2.45) is 0 Å². The third-order valence-corrected chi connectivity index (χ3v) is 1.87. The molecule has 9 heavy (non-hydrogen) atoms. The van der Waals surface area contributed by atoms with Gasteiger partial charge < -0.3 is 5.21 Å². The molecule has 0 heterocycles. The van der Waals surface area contributed by atoms with E-state index in [1.54, 1.807) is 0 Å². The first-order valence-electron chi connectivity index (χ1n) is 3.41. The Morgan fingerprint density at radius 2 is 2.56 bits per heavy atom. The Hall–Kier alpha value is -0.340. The van der Waals surface area contributed by atoms with Gasteiger partial charge in [0.05, 0.1) is 6.04 Å². The summed E-state index contributed by atoms with van der Waals surface area (Å²) in [6, 6.07) is 0.221. The fraction of sp³-hybridized carbons (Fsp3) is 0.714. The number of hydrogen-bond acceptors (Lipinski definition) is 2. The van der Waals surface area contributed by atoms with E-state index in [2.05, 4.69) is 11.6 Å². The summed E-state index contributed by atoms with van der Waals surface area (Å²) < 4.78 is 0. The lowest BCUT2D eigenvalue weighted by atomic mass is 9.96. The lowest BCUT2D eigenvalue weighted by Crippen LogP contribution is -2.28. The lowest BCUT2D eigenvalue weighted by Gasteiger charge is -2.19. The second-order valence-corrected chi connectivity index (χ2v) is 2.56. The topological polar surface area (TPSA) is 32.3 Å². The Balaban J connectivity index is 2.50. The molecule has 52 valence electrons. The maximum absolute atomic E-state index is 8.57. The molecule has 1 unspecified atom stereocenters. The van der Waals surface area contributed by atoms with E-state index in [0.717, 1.165) is 6.42 Å². The Morgan fingerprint density at radius 3 is 3.00 bits per heavy atom. The summed E-state index contributed by atoms with van der Waals surface area (Å²) in [6.45, 7) is 2.05. The monoisotopic (exact) mass is 127 g/mol. The molecule has 2 N–H and O–H groups in total. The summed E-state index contributed by atoms with van der Waals surface area (Å²) >= 11 is 0. The average molecular weight is 127 g/mol. The van der Waals surface area contributed by atoms with E-state index in [4.69, 9.17) is 5.21 Å². The summed E-state index contributed by atoms with van der Waals surface area (Å²) in [7, 11) is 0. The van der Waals surface area contributed by atoms with E-state index in [1.165, 1.54) is 18.4 Å². The third-order valence-electron chi connectivity index (χ3n) is 1.87. The number of allylic oxidation sites excluding steroid dienone is 1. The van der Waals surface area contributed by atoms with Gasteiger partial charge in [-0.2, -0.15) is 5.48 Å². The fourth-order valence-corrected chi connectivity index (χ4v) is 1.19. The van der Waals surface area contributed by atoms with Crippen LogP contribution in [0.4, 0.5) is 0 Å². The van der Waals surface area contributed by atoms with Crippen LogP contribution in [0.1, 0.15) is 26.2 Å². The van der Waals surface area contributed by atoms with E-state index >= 15 is 0 Å². The Bertz CT molecular complexity index is 120. The molecule has 0 aromatic carbocycles. The molecule has 0 spiro atoms.